The maximum absolute atomic E-state index is 6.31. The van der Waals surface area contributed by atoms with Crippen molar-refractivity contribution in [1.82, 2.24) is 4.57 Å². The van der Waals surface area contributed by atoms with Gasteiger partial charge in [0.15, 0.2) is 11.0 Å². The highest BCUT2D eigenvalue weighted by molar-refractivity contribution is 6.43. The van der Waals surface area contributed by atoms with Gasteiger partial charge in [0.1, 0.15) is 5.82 Å². The number of aryl methyl sites for hydroxylation is 2. The Hall–Kier alpha value is -2.37. The molecule has 0 spiro atoms. The lowest BCUT2D eigenvalue weighted by Gasteiger charge is -2.23. The van der Waals surface area contributed by atoms with Gasteiger partial charge in [0.2, 0.25) is 0 Å². The zero-order chi connectivity index (χ0) is 26.7. The van der Waals surface area contributed by atoms with Crippen LogP contribution in [-0.2, 0) is 13.1 Å². The summed E-state index contributed by atoms with van der Waals surface area (Å²) < 4.78 is 4.50. The van der Waals surface area contributed by atoms with E-state index in [9.17, 15) is 0 Å². The summed E-state index contributed by atoms with van der Waals surface area (Å²) in [6.45, 7) is 11.9. The molecule has 2 heterocycles. The van der Waals surface area contributed by atoms with Gasteiger partial charge in [-0.2, -0.15) is 0 Å². The number of benzene rings is 2. The fraction of sp³-hybridized carbons (Fsp3) is 0.276. The van der Waals surface area contributed by atoms with E-state index in [2.05, 4.69) is 70.9 Å². The molecular weight excluding hydrogens is 546 g/mol. The van der Waals surface area contributed by atoms with E-state index in [0.717, 1.165) is 60.2 Å². The molecule has 1 aliphatic heterocycles. The molecule has 0 unspecified atom stereocenters. The molecule has 37 heavy (non-hydrogen) atoms. The van der Waals surface area contributed by atoms with Crippen LogP contribution in [0, 0.1) is 0 Å². The summed E-state index contributed by atoms with van der Waals surface area (Å²) in [5.74, 6) is 2.21. The molecule has 0 fully saturated rings. The van der Waals surface area contributed by atoms with Gasteiger partial charge in [-0.05, 0) is 45.9 Å². The predicted molar refractivity (Wildman–Crippen MR) is 161 cm³/mol. The van der Waals surface area contributed by atoms with Crippen molar-refractivity contribution in [3.63, 3.8) is 0 Å². The van der Waals surface area contributed by atoms with E-state index in [4.69, 9.17) is 46.4 Å². The zero-order valence-corrected chi connectivity index (χ0v) is 24.5. The average molecular weight is 577 g/mol. The molecule has 0 bridgehead atoms. The summed E-state index contributed by atoms with van der Waals surface area (Å²) in [7, 11) is 0. The maximum Gasteiger partial charge on any atom is 0.282 e. The average Bonchev–Trinajstić information content (AvgIpc) is 3.33. The Bertz CT molecular complexity index is 1350. The molecule has 3 aromatic rings. The van der Waals surface area contributed by atoms with Crippen molar-refractivity contribution in [1.29, 1.82) is 0 Å². The summed E-state index contributed by atoms with van der Waals surface area (Å²) in [5, 5.41) is 2.27. The fourth-order valence-corrected chi connectivity index (χ4v) is 5.50. The standard InChI is InChI=1S/C29H31Cl4N4/c1-5-34-24-16-20(30)21(31)17-25(24)35(6-2)28(34)14-12-10-9-11-13-15-29-36(7-3)26-18-22(32)23(33)19-27(26)37(29)8-4/h9-19H,5-8H2,1-4H3/q+1. The van der Waals surface area contributed by atoms with Gasteiger partial charge in [-0.15, -0.1) is 0 Å². The van der Waals surface area contributed by atoms with Crippen molar-refractivity contribution in [3.8, 4) is 0 Å². The Balaban J connectivity index is 1.55. The number of anilines is 2. The molecule has 0 radical (unpaired) electrons. The quantitative estimate of drug-likeness (QED) is 0.196. The van der Waals surface area contributed by atoms with E-state index in [-0.39, 0.29) is 0 Å². The molecule has 2 aromatic carbocycles. The lowest BCUT2D eigenvalue weighted by molar-refractivity contribution is -0.670. The normalized spacial score (nSPS) is 13.9. The third kappa shape index (κ3) is 5.31. The van der Waals surface area contributed by atoms with Gasteiger partial charge in [0.25, 0.3) is 5.82 Å². The second kappa shape index (κ2) is 12.0. The minimum absolute atomic E-state index is 0.569. The molecule has 1 aromatic heterocycles. The summed E-state index contributed by atoms with van der Waals surface area (Å²) in [5.41, 5.74) is 4.31. The number of aromatic nitrogens is 2. The minimum atomic E-state index is 0.569. The van der Waals surface area contributed by atoms with E-state index in [1.165, 1.54) is 0 Å². The summed E-state index contributed by atoms with van der Waals surface area (Å²) in [6.07, 6.45) is 14.4. The third-order valence-corrected chi connectivity index (χ3v) is 7.95. The molecule has 4 nitrogen and oxygen atoms in total. The molecule has 0 saturated carbocycles. The number of fused-ring (bicyclic) bond motifs is 2. The van der Waals surface area contributed by atoms with Gasteiger partial charge in [0, 0.05) is 31.3 Å². The van der Waals surface area contributed by atoms with Crippen LogP contribution >= 0.6 is 46.4 Å². The smallest absolute Gasteiger partial charge is 0.282 e. The molecule has 0 saturated heterocycles. The van der Waals surface area contributed by atoms with Crippen molar-refractivity contribution < 1.29 is 4.57 Å². The first-order chi connectivity index (χ1) is 17.9. The highest BCUT2D eigenvalue weighted by Gasteiger charge is 2.30. The van der Waals surface area contributed by atoms with Crippen LogP contribution in [0.5, 0.6) is 0 Å². The summed E-state index contributed by atoms with van der Waals surface area (Å²) in [6, 6.07) is 7.78. The third-order valence-electron chi connectivity index (χ3n) is 6.50. The Morgan fingerprint density at radius 1 is 0.676 bits per heavy atom. The summed E-state index contributed by atoms with van der Waals surface area (Å²) in [4.78, 5) is 4.50. The number of allylic oxidation sites excluding steroid dienone is 6. The van der Waals surface area contributed by atoms with Crippen LogP contribution in [0.3, 0.4) is 0 Å². The molecule has 0 atom stereocenters. The van der Waals surface area contributed by atoms with E-state index < -0.39 is 0 Å². The molecule has 1 aliphatic rings. The first-order valence-electron chi connectivity index (χ1n) is 12.5. The van der Waals surface area contributed by atoms with Gasteiger partial charge in [-0.3, -0.25) is 0 Å². The Labute approximate surface area is 239 Å². The molecule has 0 amide bonds. The van der Waals surface area contributed by atoms with Crippen LogP contribution in [0.25, 0.3) is 17.1 Å². The monoisotopic (exact) mass is 575 g/mol. The number of hydrogen-bond acceptors (Lipinski definition) is 2. The Morgan fingerprint density at radius 2 is 1.22 bits per heavy atom. The first-order valence-corrected chi connectivity index (χ1v) is 14.0. The number of imidazole rings is 1. The molecular formula is C29H31Cl4N4+. The number of nitrogens with zero attached hydrogens (tertiary/aromatic N) is 4. The summed E-state index contributed by atoms with van der Waals surface area (Å²) >= 11 is 25.2. The molecule has 0 N–H and O–H groups in total. The number of hydrogen-bond donors (Lipinski definition) is 0. The maximum atomic E-state index is 6.31. The van der Waals surface area contributed by atoms with Crippen LogP contribution < -0.4 is 14.4 Å². The van der Waals surface area contributed by atoms with Crippen LogP contribution in [0.1, 0.15) is 33.5 Å². The van der Waals surface area contributed by atoms with Gasteiger partial charge in [-0.1, -0.05) is 76.8 Å². The van der Waals surface area contributed by atoms with Crippen LogP contribution in [0.15, 0.2) is 66.5 Å². The van der Waals surface area contributed by atoms with Crippen LogP contribution in [0.2, 0.25) is 20.1 Å². The molecule has 194 valence electrons. The zero-order valence-electron chi connectivity index (χ0n) is 21.5. The van der Waals surface area contributed by atoms with E-state index >= 15 is 0 Å². The van der Waals surface area contributed by atoms with Gasteiger partial charge in [-0.25, -0.2) is 9.13 Å². The van der Waals surface area contributed by atoms with Crippen LogP contribution in [-0.4, -0.2) is 17.7 Å². The fourth-order valence-electron chi connectivity index (χ4n) is 4.87. The van der Waals surface area contributed by atoms with E-state index in [1.807, 2.05) is 42.5 Å². The second-order valence-electron chi connectivity index (χ2n) is 8.50. The number of rotatable bonds is 8. The van der Waals surface area contributed by atoms with E-state index in [0.29, 0.717) is 20.1 Å². The highest BCUT2D eigenvalue weighted by Crippen LogP contribution is 2.45. The predicted octanol–water partition coefficient (Wildman–Crippen LogP) is 8.92. The molecule has 0 aliphatic carbocycles. The Kier molecular flexibility index (Phi) is 8.97. The SMILES string of the molecule is CCN1C(=C/C=C/C=C/C=C/c2n(CC)c3cc(Cl)c(Cl)cc3[n+]2CC)N(CC)c2cc(Cl)c(Cl)cc21. The van der Waals surface area contributed by atoms with Crippen molar-refractivity contribution in [2.75, 3.05) is 22.9 Å². The first kappa shape index (κ1) is 27.7. The lowest BCUT2D eigenvalue weighted by atomic mass is 10.2. The molecule has 4 rings (SSSR count). The van der Waals surface area contributed by atoms with Crippen molar-refractivity contribution in [3.05, 3.63) is 92.5 Å². The van der Waals surface area contributed by atoms with Crippen molar-refractivity contribution in [2.45, 2.75) is 40.8 Å². The van der Waals surface area contributed by atoms with Gasteiger partial charge >= 0.3 is 0 Å². The highest BCUT2D eigenvalue weighted by atomic mass is 35.5. The largest absolute Gasteiger partial charge is 0.326 e. The lowest BCUT2D eigenvalue weighted by Crippen LogP contribution is -2.35. The van der Waals surface area contributed by atoms with Crippen LogP contribution in [0.4, 0.5) is 11.4 Å². The second-order valence-corrected chi connectivity index (χ2v) is 10.1. The number of halogens is 4. The topological polar surface area (TPSA) is 15.3 Å². The van der Waals surface area contributed by atoms with E-state index in [1.54, 1.807) is 0 Å². The van der Waals surface area contributed by atoms with Crippen molar-refractivity contribution >= 4 is 74.9 Å². The van der Waals surface area contributed by atoms with Gasteiger partial charge < -0.3 is 9.80 Å². The van der Waals surface area contributed by atoms with Gasteiger partial charge in [0.05, 0.1) is 44.6 Å². The Morgan fingerprint density at radius 3 is 1.78 bits per heavy atom. The minimum Gasteiger partial charge on any atom is -0.326 e. The molecule has 8 heteroatoms. The van der Waals surface area contributed by atoms with Crippen molar-refractivity contribution in [2.24, 2.45) is 0 Å².